The number of nitrogens with zero attached hydrogens (tertiary/aromatic N) is 3. The summed E-state index contributed by atoms with van der Waals surface area (Å²) >= 11 is 0. The van der Waals surface area contributed by atoms with Gasteiger partial charge in [0.05, 0.1) is 0 Å². The minimum Gasteiger partial charge on any atom is -0.373 e. The van der Waals surface area contributed by atoms with Crippen LogP contribution in [0.1, 0.15) is 17.5 Å². The van der Waals surface area contributed by atoms with Crippen molar-refractivity contribution in [1.82, 2.24) is 0 Å². The van der Waals surface area contributed by atoms with E-state index in [1.165, 1.54) is 21.6 Å². The van der Waals surface area contributed by atoms with Crippen molar-refractivity contribution in [3.05, 3.63) is 75.6 Å². The second-order valence-electron chi connectivity index (χ2n) is 4.09. The molecule has 0 saturated carbocycles. The molecule has 0 spiro atoms. The smallest absolute Gasteiger partial charge is 0.0323 e. The molecule has 0 atom stereocenters. The first-order valence-electron chi connectivity index (χ1n) is 6.01. The molecule has 92 valence electrons. The highest BCUT2D eigenvalue weighted by Crippen LogP contribution is 2.28. The Labute approximate surface area is 112 Å². The van der Waals surface area contributed by atoms with Crippen LogP contribution in [0, 0.1) is 11.8 Å². The molecular weight excluding hydrogens is 234 g/mol. The number of aryl methyl sites for hydroxylation is 1. The van der Waals surface area contributed by atoms with Gasteiger partial charge in [-0.25, -0.2) is 0 Å². The second kappa shape index (κ2) is 6.30. The quantitative estimate of drug-likeness (QED) is 0.284. The van der Waals surface area contributed by atoms with Gasteiger partial charge in [-0.2, -0.15) is 0 Å². The Morgan fingerprint density at radius 3 is 2.32 bits per heavy atom. The van der Waals surface area contributed by atoms with E-state index in [-0.39, 0.29) is 0 Å². The lowest BCUT2D eigenvalue weighted by molar-refractivity contribution is 1.03. The molecule has 2 aromatic carbocycles. The van der Waals surface area contributed by atoms with Crippen LogP contribution in [-0.2, 0) is 6.42 Å². The van der Waals surface area contributed by atoms with Gasteiger partial charge in [0.1, 0.15) is 0 Å². The predicted octanol–water partition coefficient (Wildman–Crippen LogP) is 4.52. The average Bonchev–Trinajstić information content (AvgIpc) is 2.43. The molecule has 3 rings (SSSR count). The topological polar surface area (TPSA) is 58.7 Å². The minimum atomic E-state index is 0.950. The summed E-state index contributed by atoms with van der Waals surface area (Å²) in [5.74, 6) is 6.49. The molecule has 0 amide bonds. The summed E-state index contributed by atoms with van der Waals surface area (Å²) in [5.41, 5.74) is 18.7. The summed E-state index contributed by atoms with van der Waals surface area (Å²) in [6, 6.07) is 17.0. The maximum atomic E-state index is 6.75. The molecule has 0 radical (unpaired) electrons. The van der Waals surface area contributed by atoms with Crippen molar-refractivity contribution in [3.8, 4) is 23.0 Å². The minimum absolute atomic E-state index is 0.950. The molecule has 0 aromatic heterocycles. The Morgan fingerprint density at radius 1 is 0.895 bits per heavy atom. The van der Waals surface area contributed by atoms with Gasteiger partial charge in [0.15, 0.2) is 0 Å². The van der Waals surface area contributed by atoms with E-state index >= 15 is 0 Å². The highest BCUT2D eigenvalue weighted by atomic mass is 15.0. The molecule has 3 heteroatoms. The first-order valence-corrected chi connectivity index (χ1v) is 6.01. The summed E-state index contributed by atoms with van der Waals surface area (Å²) in [4.78, 5) is 1.50. The van der Waals surface area contributed by atoms with Gasteiger partial charge in [-0.1, -0.05) is 54.3 Å². The van der Waals surface area contributed by atoms with Crippen molar-refractivity contribution in [2.45, 2.75) is 12.8 Å². The Hall–Kier alpha value is -2.69. The van der Waals surface area contributed by atoms with Gasteiger partial charge in [-0.05, 0) is 29.2 Å². The van der Waals surface area contributed by atoms with Gasteiger partial charge >= 0.3 is 0 Å². The van der Waals surface area contributed by atoms with E-state index in [4.69, 9.17) is 11.1 Å². The van der Waals surface area contributed by atoms with E-state index in [2.05, 4.69) is 60.4 Å². The Kier molecular flexibility index (Phi) is 4.23. The van der Waals surface area contributed by atoms with Gasteiger partial charge in [0, 0.05) is 12.0 Å². The molecule has 1 aliphatic carbocycles. The van der Waals surface area contributed by atoms with E-state index in [0.29, 0.717) is 0 Å². The lowest BCUT2D eigenvalue weighted by Gasteiger charge is -2.12. The fourth-order valence-electron chi connectivity index (χ4n) is 2.18. The van der Waals surface area contributed by atoms with E-state index < -0.39 is 0 Å². The molecule has 0 N–H and O–H groups in total. The Balaban J connectivity index is 0.000000408. The molecule has 0 unspecified atom stereocenters. The van der Waals surface area contributed by atoms with Crippen molar-refractivity contribution < 1.29 is 0 Å². The van der Waals surface area contributed by atoms with Crippen LogP contribution in [0.15, 0.2) is 48.5 Å². The zero-order valence-electron chi connectivity index (χ0n) is 10.4. The first-order chi connectivity index (χ1) is 9.36. The third-order valence-corrected chi connectivity index (χ3v) is 2.98. The fourth-order valence-corrected chi connectivity index (χ4v) is 2.18. The molecular formula is C16H12N3-. The molecule has 19 heavy (non-hydrogen) atoms. The third kappa shape index (κ3) is 2.95. The van der Waals surface area contributed by atoms with Crippen molar-refractivity contribution in [1.29, 1.82) is 0 Å². The summed E-state index contributed by atoms with van der Waals surface area (Å²) < 4.78 is 0. The van der Waals surface area contributed by atoms with Crippen LogP contribution in [0.25, 0.3) is 27.1 Å². The van der Waals surface area contributed by atoms with E-state index in [9.17, 15) is 0 Å². The number of rotatable bonds is 0. The van der Waals surface area contributed by atoms with Crippen LogP contribution < -0.4 is 0 Å². The highest BCUT2D eigenvalue weighted by molar-refractivity contribution is 5.74. The Bertz CT molecular complexity index is 672. The van der Waals surface area contributed by atoms with E-state index in [1.54, 1.807) is 0 Å². The Morgan fingerprint density at radius 2 is 1.53 bits per heavy atom. The third-order valence-electron chi connectivity index (χ3n) is 2.98. The van der Waals surface area contributed by atoms with Crippen LogP contribution in [0.2, 0.25) is 0 Å². The van der Waals surface area contributed by atoms with Crippen molar-refractivity contribution in [2.75, 3.05) is 0 Å². The van der Waals surface area contributed by atoms with Crippen molar-refractivity contribution >= 4 is 0 Å². The van der Waals surface area contributed by atoms with E-state index in [0.717, 1.165) is 18.4 Å². The largest absolute Gasteiger partial charge is 0.373 e. The second-order valence-corrected chi connectivity index (χ2v) is 4.09. The summed E-state index contributed by atoms with van der Waals surface area (Å²) in [7, 11) is 0. The molecule has 2 aromatic rings. The molecule has 0 saturated heterocycles. The molecule has 1 aliphatic rings. The number of hydrogen-bond donors (Lipinski definition) is 0. The van der Waals surface area contributed by atoms with Crippen LogP contribution >= 0.6 is 0 Å². The van der Waals surface area contributed by atoms with Crippen LogP contribution in [0.4, 0.5) is 0 Å². The van der Waals surface area contributed by atoms with Gasteiger partial charge in [-0.3, -0.25) is 4.91 Å². The normalized spacial score (nSPS) is 10.9. The number of fused-ring (bicyclic) bond motifs is 3. The first kappa shape index (κ1) is 12.8. The standard InChI is InChI=1S/C16H12.N3/c1-2-8-14-10-4-6-12-16(14)15-11-5-3-9-13(15)7-1;1-3-2/h3-6,9-12H,1,7H2;/q;-1. The number of hydrogen-bond acceptors (Lipinski definition) is 0. The van der Waals surface area contributed by atoms with Crippen molar-refractivity contribution in [3.63, 3.8) is 0 Å². The van der Waals surface area contributed by atoms with E-state index in [1.807, 2.05) is 0 Å². The van der Waals surface area contributed by atoms with Gasteiger partial charge in [0.2, 0.25) is 0 Å². The SMILES string of the molecule is C1#Cc2ccccc2-c2ccccc2CC1.[N-]=[N+]=[N-]. The summed E-state index contributed by atoms with van der Waals surface area (Å²) in [6.07, 6.45) is 2.00. The summed E-state index contributed by atoms with van der Waals surface area (Å²) in [5, 5.41) is 0. The monoisotopic (exact) mass is 246 g/mol. The highest BCUT2D eigenvalue weighted by Gasteiger charge is 2.08. The fraction of sp³-hybridized carbons (Fsp3) is 0.125. The zero-order chi connectivity index (χ0) is 13.5. The lowest BCUT2D eigenvalue weighted by Crippen LogP contribution is -1.94. The maximum absolute atomic E-state index is 6.75. The number of benzene rings is 2. The average molecular weight is 246 g/mol. The summed E-state index contributed by atoms with van der Waals surface area (Å²) in [6.45, 7) is 0. The van der Waals surface area contributed by atoms with Crippen LogP contribution in [-0.4, -0.2) is 0 Å². The van der Waals surface area contributed by atoms with Crippen LogP contribution in [0.5, 0.6) is 0 Å². The van der Waals surface area contributed by atoms with Crippen LogP contribution in [0.3, 0.4) is 0 Å². The van der Waals surface area contributed by atoms with Gasteiger partial charge in [0.25, 0.3) is 0 Å². The van der Waals surface area contributed by atoms with Gasteiger partial charge in [-0.15, -0.1) is 0 Å². The van der Waals surface area contributed by atoms with Gasteiger partial charge < -0.3 is 11.1 Å². The molecule has 0 heterocycles. The zero-order valence-corrected chi connectivity index (χ0v) is 10.4. The molecule has 0 bridgehead atoms. The predicted molar refractivity (Wildman–Crippen MR) is 77.2 cm³/mol. The molecule has 3 nitrogen and oxygen atoms in total. The molecule has 0 fully saturated rings. The van der Waals surface area contributed by atoms with Crippen molar-refractivity contribution in [2.24, 2.45) is 0 Å². The lowest BCUT2D eigenvalue weighted by atomic mass is 9.92. The molecule has 0 aliphatic heterocycles. The maximum Gasteiger partial charge on any atom is 0.0323 e.